The number of aromatic nitrogens is 2. The standard InChI is InChI=1S/C25H33N5O5/c1-25(24(33)27-17-8-6-5-7-9-17)15-30-20(23(32)29(25)2)13-19(28-30)22(31)26-14-16-12-18(34-3)10-11-21(16)35-4/h10-13,17H,5-9,14-15H2,1-4H3,(H,26,31)(H,27,33)/t25-/m1/s1. The van der Waals surface area contributed by atoms with Crippen molar-refractivity contribution in [3.63, 3.8) is 0 Å². The molecule has 0 radical (unpaired) electrons. The molecule has 2 heterocycles. The van der Waals surface area contributed by atoms with Gasteiger partial charge in [0, 0.05) is 31.3 Å². The summed E-state index contributed by atoms with van der Waals surface area (Å²) >= 11 is 0. The Morgan fingerprint density at radius 3 is 2.57 bits per heavy atom. The van der Waals surface area contributed by atoms with Gasteiger partial charge in [0.05, 0.1) is 20.8 Å². The molecule has 0 spiro atoms. The average molecular weight is 484 g/mol. The molecule has 2 N–H and O–H groups in total. The first-order valence-corrected chi connectivity index (χ1v) is 11.9. The molecule has 0 saturated heterocycles. The van der Waals surface area contributed by atoms with Gasteiger partial charge >= 0.3 is 0 Å². The lowest BCUT2D eigenvalue weighted by Gasteiger charge is -2.41. The zero-order valence-electron chi connectivity index (χ0n) is 20.7. The van der Waals surface area contributed by atoms with Gasteiger partial charge < -0.3 is 25.0 Å². The van der Waals surface area contributed by atoms with Crippen molar-refractivity contribution in [2.75, 3.05) is 21.3 Å². The van der Waals surface area contributed by atoms with Gasteiger partial charge in [-0.1, -0.05) is 19.3 Å². The van der Waals surface area contributed by atoms with Gasteiger partial charge in [0.25, 0.3) is 11.8 Å². The summed E-state index contributed by atoms with van der Waals surface area (Å²) in [6, 6.07) is 6.92. The molecule has 10 heteroatoms. The van der Waals surface area contributed by atoms with Crippen LogP contribution < -0.4 is 20.1 Å². The minimum Gasteiger partial charge on any atom is -0.497 e. The number of fused-ring (bicyclic) bond motifs is 1. The fourth-order valence-electron chi connectivity index (χ4n) is 4.71. The number of hydrogen-bond donors (Lipinski definition) is 2. The Balaban J connectivity index is 1.48. The molecule has 0 bridgehead atoms. The largest absolute Gasteiger partial charge is 0.497 e. The molecular weight excluding hydrogens is 450 g/mol. The topological polar surface area (TPSA) is 115 Å². The summed E-state index contributed by atoms with van der Waals surface area (Å²) in [5.74, 6) is 0.287. The molecule has 188 valence electrons. The zero-order valence-corrected chi connectivity index (χ0v) is 20.7. The highest BCUT2D eigenvalue weighted by atomic mass is 16.5. The molecule has 1 aromatic heterocycles. The molecule has 1 fully saturated rings. The van der Waals surface area contributed by atoms with E-state index < -0.39 is 11.4 Å². The molecule has 35 heavy (non-hydrogen) atoms. The van der Waals surface area contributed by atoms with E-state index in [1.807, 2.05) is 0 Å². The number of amides is 3. The normalized spacial score (nSPS) is 20.2. The number of benzene rings is 1. The van der Waals surface area contributed by atoms with Gasteiger partial charge in [-0.2, -0.15) is 5.10 Å². The van der Waals surface area contributed by atoms with Crippen molar-refractivity contribution in [3.05, 3.63) is 41.2 Å². The number of nitrogens with zero attached hydrogens (tertiary/aromatic N) is 3. The van der Waals surface area contributed by atoms with Crippen LogP contribution in [0.3, 0.4) is 0 Å². The summed E-state index contributed by atoms with van der Waals surface area (Å²) < 4.78 is 12.1. The van der Waals surface area contributed by atoms with E-state index in [0.717, 1.165) is 31.2 Å². The third-order valence-electron chi connectivity index (χ3n) is 7.09. The summed E-state index contributed by atoms with van der Waals surface area (Å²) in [5.41, 5.74) is 0.0296. The Labute approximate surface area is 204 Å². The maximum absolute atomic E-state index is 13.2. The lowest BCUT2D eigenvalue weighted by atomic mass is 9.92. The van der Waals surface area contributed by atoms with Crippen molar-refractivity contribution < 1.29 is 23.9 Å². The highest BCUT2D eigenvalue weighted by Crippen LogP contribution is 2.28. The van der Waals surface area contributed by atoms with Crippen molar-refractivity contribution in [2.24, 2.45) is 0 Å². The number of methoxy groups -OCH3 is 2. The van der Waals surface area contributed by atoms with Crippen LogP contribution >= 0.6 is 0 Å². The van der Waals surface area contributed by atoms with Crippen molar-refractivity contribution in [3.8, 4) is 11.5 Å². The number of carbonyl (C=O) groups excluding carboxylic acids is 3. The van der Waals surface area contributed by atoms with E-state index in [0.29, 0.717) is 11.5 Å². The van der Waals surface area contributed by atoms with Crippen LogP contribution in [0.2, 0.25) is 0 Å². The molecule has 0 unspecified atom stereocenters. The summed E-state index contributed by atoms with van der Waals surface area (Å²) in [4.78, 5) is 40.7. The van der Waals surface area contributed by atoms with Crippen LogP contribution in [-0.4, -0.2) is 65.2 Å². The highest BCUT2D eigenvalue weighted by molar-refractivity contribution is 6.01. The summed E-state index contributed by atoms with van der Waals surface area (Å²) in [6.07, 6.45) is 5.29. The minimum absolute atomic E-state index is 0.112. The first kappa shape index (κ1) is 24.6. The van der Waals surface area contributed by atoms with E-state index in [9.17, 15) is 14.4 Å². The smallest absolute Gasteiger partial charge is 0.272 e. The number of nitrogens with one attached hydrogen (secondary N) is 2. The second kappa shape index (κ2) is 9.97. The molecule has 1 aliphatic carbocycles. The maximum atomic E-state index is 13.2. The third kappa shape index (κ3) is 4.82. The van der Waals surface area contributed by atoms with Crippen molar-refractivity contribution in [2.45, 2.75) is 63.7 Å². The second-order valence-corrected chi connectivity index (χ2v) is 9.38. The van der Waals surface area contributed by atoms with Gasteiger partial charge in [-0.15, -0.1) is 0 Å². The number of rotatable bonds is 7. The molecule has 3 amide bonds. The summed E-state index contributed by atoms with van der Waals surface area (Å²) in [7, 11) is 4.74. The average Bonchev–Trinajstić information content (AvgIpc) is 3.30. The van der Waals surface area contributed by atoms with Crippen LogP contribution in [0, 0.1) is 0 Å². The molecule has 4 rings (SSSR count). The Hall–Kier alpha value is -3.56. The molecule has 2 aliphatic rings. The van der Waals surface area contributed by atoms with Gasteiger partial charge in [-0.25, -0.2) is 0 Å². The fourth-order valence-corrected chi connectivity index (χ4v) is 4.71. The van der Waals surface area contributed by atoms with Crippen LogP contribution in [0.15, 0.2) is 24.3 Å². The van der Waals surface area contributed by atoms with Gasteiger partial charge in [0.15, 0.2) is 5.69 Å². The molecule has 1 aromatic carbocycles. The lowest BCUT2D eigenvalue weighted by Crippen LogP contribution is -2.63. The monoisotopic (exact) mass is 483 g/mol. The Morgan fingerprint density at radius 1 is 1.14 bits per heavy atom. The molecule has 2 aromatic rings. The molecule has 1 atom stereocenters. The summed E-state index contributed by atoms with van der Waals surface area (Å²) in [6.45, 7) is 2.10. The van der Waals surface area contributed by atoms with E-state index in [1.54, 1.807) is 46.4 Å². The van der Waals surface area contributed by atoms with Gasteiger partial charge in [0.1, 0.15) is 22.7 Å². The maximum Gasteiger partial charge on any atom is 0.272 e. The van der Waals surface area contributed by atoms with Gasteiger partial charge in [-0.05, 0) is 38.0 Å². The SMILES string of the molecule is COc1ccc(OC)c(CNC(=O)c2cc3n(n2)C[C@](C)(C(=O)NC2CCCCC2)N(C)C3=O)c1. The van der Waals surface area contributed by atoms with Crippen LogP contribution in [0.5, 0.6) is 11.5 Å². The fraction of sp³-hybridized carbons (Fsp3) is 0.520. The van der Waals surface area contributed by atoms with Crippen LogP contribution in [0.1, 0.15) is 65.6 Å². The summed E-state index contributed by atoms with van der Waals surface area (Å²) in [5, 5.41) is 10.3. The van der Waals surface area contributed by atoms with Gasteiger partial charge in [0.2, 0.25) is 5.91 Å². The highest BCUT2D eigenvalue weighted by Gasteiger charge is 2.46. The van der Waals surface area contributed by atoms with Crippen molar-refractivity contribution in [1.82, 2.24) is 25.3 Å². The minimum atomic E-state index is -1.10. The number of likely N-dealkylation sites (N-methyl/N-ethyl adjacent to an activating group) is 1. The third-order valence-corrected chi connectivity index (χ3v) is 7.09. The van der Waals surface area contributed by atoms with E-state index in [1.165, 1.54) is 22.1 Å². The van der Waals surface area contributed by atoms with E-state index in [2.05, 4.69) is 15.7 Å². The molecule has 1 aliphatic heterocycles. The van der Waals surface area contributed by atoms with Crippen LogP contribution in [0.4, 0.5) is 0 Å². The molecule has 1 saturated carbocycles. The van der Waals surface area contributed by atoms with E-state index >= 15 is 0 Å². The van der Waals surface area contributed by atoms with Crippen molar-refractivity contribution in [1.29, 1.82) is 0 Å². The van der Waals surface area contributed by atoms with Gasteiger partial charge in [-0.3, -0.25) is 19.1 Å². The number of carbonyl (C=O) groups is 3. The van der Waals surface area contributed by atoms with Crippen LogP contribution in [0.25, 0.3) is 0 Å². The Morgan fingerprint density at radius 2 is 1.89 bits per heavy atom. The number of ether oxygens (including phenoxy) is 2. The zero-order chi connectivity index (χ0) is 25.2. The number of hydrogen-bond acceptors (Lipinski definition) is 6. The Kier molecular flexibility index (Phi) is 7.00. The molecule has 10 nitrogen and oxygen atoms in total. The first-order chi connectivity index (χ1) is 16.8. The Bertz CT molecular complexity index is 1120. The van der Waals surface area contributed by atoms with E-state index in [-0.39, 0.29) is 42.3 Å². The quantitative estimate of drug-likeness (QED) is 0.624. The second-order valence-electron chi connectivity index (χ2n) is 9.38. The van der Waals surface area contributed by atoms with Crippen LogP contribution in [-0.2, 0) is 17.9 Å². The molecular formula is C25H33N5O5. The first-order valence-electron chi connectivity index (χ1n) is 11.9. The lowest BCUT2D eigenvalue weighted by molar-refractivity contribution is -0.133. The van der Waals surface area contributed by atoms with E-state index in [4.69, 9.17) is 9.47 Å². The van der Waals surface area contributed by atoms with Crippen molar-refractivity contribution >= 4 is 17.7 Å². The predicted molar refractivity (Wildman–Crippen MR) is 128 cm³/mol. The predicted octanol–water partition coefficient (Wildman–Crippen LogP) is 2.12.